The van der Waals surface area contributed by atoms with Gasteiger partial charge in [-0.05, 0) is 6.07 Å². The third-order valence-electron chi connectivity index (χ3n) is 1.22. The van der Waals surface area contributed by atoms with Crippen LogP contribution in [0.4, 0.5) is 13.2 Å². The number of methoxy groups -OCH3 is 1. The molecule has 0 saturated heterocycles. The first-order valence-electron chi connectivity index (χ1n) is 5.12. The summed E-state index contributed by atoms with van der Waals surface area (Å²) in [5.74, 6) is -0.0372. The van der Waals surface area contributed by atoms with Gasteiger partial charge in [-0.3, -0.25) is 0 Å². The molecule has 0 aliphatic carbocycles. The van der Waals surface area contributed by atoms with Crippen molar-refractivity contribution in [2.24, 2.45) is 0 Å². The van der Waals surface area contributed by atoms with Crippen LogP contribution in [0.2, 0.25) is 0 Å². The third kappa shape index (κ3) is 6.27. The molecule has 0 radical (unpaired) electrons. The zero-order valence-electron chi connectivity index (χ0n) is 10.2. The number of nitrogens with zero attached hydrogens (tertiary/aromatic N) is 1. The van der Waals surface area contributed by atoms with Crippen molar-refractivity contribution in [2.45, 2.75) is 33.9 Å². The summed E-state index contributed by atoms with van der Waals surface area (Å²) in [4.78, 5) is 3.22. The van der Waals surface area contributed by atoms with Gasteiger partial charge in [0.2, 0.25) is 5.88 Å². The Morgan fingerprint density at radius 1 is 1.06 bits per heavy atom. The molecule has 1 heterocycles. The molecule has 0 N–H and O–H groups in total. The third-order valence-corrected chi connectivity index (χ3v) is 1.22. The van der Waals surface area contributed by atoms with E-state index in [-0.39, 0.29) is 5.88 Å². The van der Waals surface area contributed by atoms with E-state index in [2.05, 4.69) is 9.72 Å². The van der Waals surface area contributed by atoms with Gasteiger partial charge < -0.3 is 4.74 Å². The molecule has 0 fully saturated rings. The van der Waals surface area contributed by atoms with Gasteiger partial charge >= 0.3 is 6.18 Å². The second-order valence-corrected chi connectivity index (χ2v) is 2.06. The van der Waals surface area contributed by atoms with Crippen LogP contribution in [0, 0.1) is 0 Å². The van der Waals surface area contributed by atoms with Crippen molar-refractivity contribution in [2.75, 3.05) is 7.11 Å². The summed E-state index contributed by atoms with van der Waals surface area (Å²) < 4.78 is 40.5. The molecule has 0 spiro atoms. The molecular formula is C11H18F3NO. The molecule has 16 heavy (non-hydrogen) atoms. The van der Waals surface area contributed by atoms with Crippen LogP contribution in [0.25, 0.3) is 0 Å². The van der Waals surface area contributed by atoms with Crippen LogP contribution in [-0.4, -0.2) is 12.1 Å². The van der Waals surface area contributed by atoms with E-state index in [1.54, 1.807) is 0 Å². The molecule has 5 heteroatoms. The molecule has 0 unspecified atom stereocenters. The SMILES string of the molecule is CC.CC.COc1cccc(C(F)(F)F)n1. The fourth-order valence-electron chi connectivity index (χ4n) is 0.686. The molecule has 0 aromatic carbocycles. The lowest BCUT2D eigenvalue weighted by molar-refractivity contribution is -0.141. The van der Waals surface area contributed by atoms with Crippen molar-refractivity contribution < 1.29 is 17.9 Å². The highest BCUT2D eigenvalue weighted by Gasteiger charge is 2.32. The maximum absolute atomic E-state index is 12.0. The van der Waals surface area contributed by atoms with Gasteiger partial charge in [-0.25, -0.2) is 4.98 Å². The van der Waals surface area contributed by atoms with E-state index in [1.165, 1.54) is 19.2 Å². The van der Waals surface area contributed by atoms with Gasteiger partial charge in [-0.1, -0.05) is 33.8 Å². The standard InChI is InChI=1S/C7H6F3NO.2C2H6/c1-12-6-4-2-3-5(11-6)7(8,9)10;2*1-2/h2-4H,1H3;2*1-2H3. The van der Waals surface area contributed by atoms with Crippen molar-refractivity contribution in [3.8, 4) is 5.88 Å². The van der Waals surface area contributed by atoms with Gasteiger partial charge in [0, 0.05) is 6.07 Å². The van der Waals surface area contributed by atoms with Gasteiger partial charge in [0.05, 0.1) is 7.11 Å². The van der Waals surface area contributed by atoms with E-state index < -0.39 is 11.9 Å². The minimum absolute atomic E-state index is 0.0372. The summed E-state index contributed by atoms with van der Waals surface area (Å²) in [7, 11) is 1.27. The lowest BCUT2D eigenvalue weighted by atomic mass is 10.3. The van der Waals surface area contributed by atoms with Crippen molar-refractivity contribution in [1.29, 1.82) is 0 Å². The predicted molar refractivity (Wildman–Crippen MR) is 58.5 cm³/mol. The number of rotatable bonds is 1. The molecule has 94 valence electrons. The van der Waals surface area contributed by atoms with Gasteiger partial charge in [0.25, 0.3) is 0 Å². The fraction of sp³-hybridized carbons (Fsp3) is 0.545. The zero-order chi connectivity index (χ0) is 13.2. The van der Waals surface area contributed by atoms with Crippen LogP contribution in [-0.2, 0) is 6.18 Å². The number of aromatic nitrogens is 1. The van der Waals surface area contributed by atoms with Gasteiger partial charge in [0.1, 0.15) is 5.69 Å². The molecule has 0 amide bonds. The Morgan fingerprint density at radius 3 is 1.94 bits per heavy atom. The van der Waals surface area contributed by atoms with Crippen LogP contribution in [0.15, 0.2) is 18.2 Å². The lowest BCUT2D eigenvalue weighted by Gasteiger charge is -2.05. The molecule has 0 bridgehead atoms. The predicted octanol–water partition coefficient (Wildman–Crippen LogP) is 4.16. The Morgan fingerprint density at radius 2 is 1.56 bits per heavy atom. The summed E-state index contributed by atoms with van der Waals surface area (Å²) in [6.45, 7) is 8.00. The van der Waals surface area contributed by atoms with Crippen molar-refractivity contribution >= 4 is 0 Å². The van der Waals surface area contributed by atoms with Crippen molar-refractivity contribution in [1.82, 2.24) is 4.98 Å². The number of ether oxygens (including phenoxy) is 1. The summed E-state index contributed by atoms with van der Waals surface area (Å²) >= 11 is 0. The smallest absolute Gasteiger partial charge is 0.433 e. The van der Waals surface area contributed by atoms with E-state index in [4.69, 9.17) is 0 Å². The van der Waals surface area contributed by atoms with Gasteiger partial charge in [0.15, 0.2) is 0 Å². The Hall–Kier alpha value is -1.26. The second-order valence-electron chi connectivity index (χ2n) is 2.06. The summed E-state index contributed by atoms with van der Waals surface area (Å²) in [5.41, 5.74) is -0.943. The minimum atomic E-state index is -4.41. The quantitative estimate of drug-likeness (QED) is 0.731. The fourth-order valence-corrected chi connectivity index (χ4v) is 0.686. The first-order chi connectivity index (χ1) is 7.54. The number of alkyl halides is 3. The van der Waals surface area contributed by atoms with Crippen LogP contribution < -0.4 is 4.74 Å². The second kappa shape index (κ2) is 9.00. The molecule has 1 aromatic rings. The van der Waals surface area contributed by atoms with Crippen LogP contribution in [0.5, 0.6) is 5.88 Å². The maximum atomic E-state index is 12.0. The van der Waals surface area contributed by atoms with Crippen molar-refractivity contribution in [3.05, 3.63) is 23.9 Å². The molecule has 0 atom stereocenters. The average molecular weight is 237 g/mol. The van der Waals surface area contributed by atoms with E-state index in [9.17, 15) is 13.2 Å². The Balaban J connectivity index is 0. The maximum Gasteiger partial charge on any atom is 0.433 e. The first kappa shape index (κ1) is 17.1. The molecule has 2 nitrogen and oxygen atoms in total. The van der Waals surface area contributed by atoms with Gasteiger partial charge in [-0.2, -0.15) is 13.2 Å². The molecule has 1 rings (SSSR count). The highest BCUT2D eigenvalue weighted by molar-refractivity contribution is 5.17. The van der Waals surface area contributed by atoms with E-state index in [0.717, 1.165) is 6.07 Å². The molecule has 0 aliphatic rings. The zero-order valence-corrected chi connectivity index (χ0v) is 10.2. The largest absolute Gasteiger partial charge is 0.481 e. The molecule has 0 saturated carbocycles. The monoisotopic (exact) mass is 237 g/mol. The summed E-state index contributed by atoms with van der Waals surface area (Å²) in [6, 6.07) is 3.49. The lowest BCUT2D eigenvalue weighted by Crippen LogP contribution is -2.07. The normalized spacial score (nSPS) is 9.25. The Labute approximate surface area is 94.5 Å². The number of pyridine rings is 1. The summed E-state index contributed by atoms with van der Waals surface area (Å²) in [6.07, 6.45) is -4.41. The van der Waals surface area contributed by atoms with E-state index in [1.807, 2.05) is 27.7 Å². The van der Waals surface area contributed by atoms with E-state index >= 15 is 0 Å². The molecular weight excluding hydrogens is 219 g/mol. The van der Waals surface area contributed by atoms with E-state index in [0.29, 0.717) is 0 Å². The topological polar surface area (TPSA) is 22.1 Å². The average Bonchev–Trinajstić information content (AvgIpc) is 2.33. The van der Waals surface area contributed by atoms with Crippen LogP contribution in [0.1, 0.15) is 33.4 Å². The van der Waals surface area contributed by atoms with Crippen molar-refractivity contribution in [3.63, 3.8) is 0 Å². The highest BCUT2D eigenvalue weighted by atomic mass is 19.4. The highest BCUT2D eigenvalue weighted by Crippen LogP contribution is 2.28. The number of halogens is 3. The van der Waals surface area contributed by atoms with Crippen LogP contribution in [0.3, 0.4) is 0 Å². The van der Waals surface area contributed by atoms with Gasteiger partial charge in [-0.15, -0.1) is 0 Å². The number of hydrogen-bond acceptors (Lipinski definition) is 2. The molecule has 0 aliphatic heterocycles. The van der Waals surface area contributed by atoms with Crippen LogP contribution >= 0.6 is 0 Å². The Kier molecular flexibility index (Phi) is 9.65. The summed E-state index contributed by atoms with van der Waals surface area (Å²) in [5, 5.41) is 0. The first-order valence-corrected chi connectivity index (χ1v) is 5.12. The minimum Gasteiger partial charge on any atom is -0.481 e. The number of hydrogen-bond donors (Lipinski definition) is 0. The molecule has 1 aromatic heterocycles. The Bertz CT molecular complexity index is 274.